The molecule has 21 heavy (non-hydrogen) atoms. The molecule has 0 radical (unpaired) electrons. The van der Waals surface area contributed by atoms with Crippen LogP contribution in [0.4, 0.5) is 4.79 Å². The molecule has 1 aromatic rings. The highest BCUT2D eigenvalue weighted by Gasteiger charge is 2.16. The maximum absolute atomic E-state index is 12.1. The Balaban J connectivity index is 2.54. The van der Waals surface area contributed by atoms with Crippen LogP contribution in [0.3, 0.4) is 0 Å². The fourth-order valence-corrected chi connectivity index (χ4v) is 1.68. The summed E-state index contributed by atoms with van der Waals surface area (Å²) >= 11 is 0. The van der Waals surface area contributed by atoms with Gasteiger partial charge < -0.3 is 24.1 Å². The molecule has 0 spiro atoms. The third-order valence-corrected chi connectivity index (χ3v) is 2.68. The lowest BCUT2D eigenvalue weighted by molar-refractivity contribution is -0.141. The number of methoxy groups -OCH3 is 1. The summed E-state index contributed by atoms with van der Waals surface area (Å²) in [4.78, 5) is 24.8. The van der Waals surface area contributed by atoms with E-state index in [-0.39, 0.29) is 19.2 Å². The van der Waals surface area contributed by atoms with E-state index in [0.717, 1.165) is 5.76 Å². The smallest absolute Gasteiger partial charge is 0.325 e. The molecule has 1 N–H and O–H groups in total. The second-order valence-electron chi connectivity index (χ2n) is 4.39. The van der Waals surface area contributed by atoms with E-state index in [9.17, 15) is 9.59 Å². The number of urea groups is 1. The zero-order chi connectivity index (χ0) is 15.7. The molecule has 7 nitrogen and oxygen atoms in total. The fraction of sp³-hybridized carbons (Fsp3) is 0.571. The van der Waals surface area contributed by atoms with Gasteiger partial charge in [-0.2, -0.15) is 0 Å². The normalized spacial score (nSPS) is 10.2. The van der Waals surface area contributed by atoms with Crippen LogP contribution in [0.15, 0.2) is 16.5 Å². The summed E-state index contributed by atoms with van der Waals surface area (Å²) < 4.78 is 15.2. The first-order valence-corrected chi connectivity index (χ1v) is 6.79. The van der Waals surface area contributed by atoms with Crippen molar-refractivity contribution in [3.05, 3.63) is 23.7 Å². The highest BCUT2D eigenvalue weighted by molar-refractivity contribution is 5.80. The van der Waals surface area contributed by atoms with Crippen molar-refractivity contribution < 1.29 is 23.5 Å². The van der Waals surface area contributed by atoms with Crippen molar-refractivity contribution >= 4 is 12.0 Å². The summed E-state index contributed by atoms with van der Waals surface area (Å²) in [6, 6.07) is 3.28. The highest BCUT2D eigenvalue weighted by Crippen LogP contribution is 2.09. The molecule has 118 valence electrons. The molecule has 0 aliphatic rings. The summed E-state index contributed by atoms with van der Waals surface area (Å²) in [6.45, 7) is 4.78. The topological polar surface area (TPSA) is 81.0 Å². The third-order valence-electron chi connectivity index (χ3n) is 2.68. The maximum Gasteiger partial charge on any atom is 0.325 e. The first-order valence-electron chi connectivity index (χ1n) is 6.79. The Bertz CT molecular complexity index is 458. The van der Waals surface area contributed by atoms with E-state index in [1.165, 1.54) is 4.90 Å². The standard InChI is InChI=1S/C14H22N2O5/c1-4-20-13(17)9-15-14(18)16(7-8-19-3)10-12-6-5-11(2)21-12/h5-6H,4,7-10H2,1-3H3,(H,15,18). The number of carbonyl (C=O) groups excluding carboxylic acids is 2. The number of ether oxygens (including phenoxy) is 2. The molecular formula is C14H22N2O5. The molecule has 1 rings (SSSR count). The fourth-order valence-electron chi connectivity index (χ4n) is 1.68. The molecule has 0 aliphatic heterocycles. The Morgan fingerprint density at radius 1 is 1.38 bits per heavy atom. The first kappa shape index (κ1) is 17.0. The largest absolute Gasteiger partial charge is 0.465 e. The first-order chi connectivity index (χ1) is 10.1. The summed E-state index contributed by atoms with van der Waals surface area (Å²) in [5.74, 6) is 0.991. The quantitative estimate of drug-likeness (QED) is 0.732. The van der Waals surface area contributed by atoms with Gasteiger partial charge in [0.05, 0.1) is 19.8 Å². The Kier molecular flexibility index (Phi) is 7.31. The molecule has 7 heteroatoms. The Morgan fingerprint density at radius 2 is 2.14 bits per heavy atom. The number of amides is 2. The van der Waals surface area contributed by atoms with Crippen molar-refractivity contribution in [2.75, 3.05) is 33.4 Å². The molecular weight excluding hydrogens is 276 g/mol. The number of hydrogen-bond donors (Lipinski definition) is 1. The molecule has 2 amide bonds. The predicted molar refractivity (Wildman–Crippen MR) is 75.8 cm³/mol. The molecule has 0 aromatic carbocycles. The highest BCUT2D eigenvalue weighted by atomic mass is 16.5. The van der Waals surface area contributed by atoms with Crippen LogP contribution in [0.25, 0.3) is 0 Å². The SMILES string of the molecule is CCOC(=O)CNC(=O)N(CCOC)Cc1ccc(C)o1. The lowest BCUT2D eigenvalue weighted by atomic mass is 10.4. The van der Waals surface area contributed by atoms with E-state index < -0.39 is 5.97 Å². The lowest BCUT2D eigenvalue weighted by Crippen LogP contribution is -2.43. The van der Waals surface area contributed by atoms with Crippen molar-refractivity contribution in [2.45, 2.75) is 20.4 Å². The van der Waals surface area contributed by atoms with E-state index in [0.29, 0.717) is 25.5 Å². The molecule has 0 saturated carbocycles. The number of carbonyl (C=O) groups is 2. The third kappa shape index (κ3) is 6.31. The van der Waals surface area contributed by atoms with E-state index in [2.05, 4.69) is 5.32 Å². The Hall–Kier alpha value is -2.02. The number of nitrogens with one attached hydrogen (secondary N) is 1. The monoisotopic (exact) mass is 298 g/mol. The van der Waals surface area contributed by atoms with Crippen LogP contribution in [0.1, 0.15) is 18.4 Å². The van der Waals surface area contributed by atoms with Crippen LogP contribution >= 0.6 is 0 Å². The number of aryl methyl sites for hydroxylation is 1. The Labute approximate surface area is 124 Å². The van der Waals surface area contributed by atoms with Crippen LogP contribution in [0.2, 0.25) is 0 Å². The summed E-state index contributed by atoms with van der Waals surface area (Å²) in [5, 5.41) is 2.52. The van der Waals surface area contributed by atoms with Gasteiger partial charge in [0.2, 0.25) is 0 Å². The second-order valence-corrected chi connectivity index (χ2v) is 4.39. The van der Waals surface area contributed by atoms with Crippen LogP contribution < -0.4 is 5.32 Å². The molecule has 0 aliphatic carbocycles. The molecule has 0 unspecified atom stereocenters. The van der Waals surface area contributed by atoms with Crippen molar-refractivity contribution in [1.29, 1.82) is 0 Å². The molecule has 0 fully saturated rings. The summed E-state index contributed by atoms with van der Waals surface area (Å²) in [6.07, 6.45) is 0. The zero-order valence-electron chi connectivity index (χ0n) is 12.7. The van der Waals surface area contributed by atoms with Gasteiger partial charge in [-0.1, -0.05) is 0 Å². The summed E-state index contributed by atoms with van der Waals surface area (Å²) in [5.41, 5.74) is 0. The lowest BCUT2D eigenvalue weighted by Gasteiger charge is -2.21. The molecule has 0 bridgehead atoms. The number of esters is 1. The van der Waals surface area contributed by atoms with Gasteiger partial charge in [-0.15, -0.1) is 0 Å². The van der Waals surface area contributed by atoms with Crippen LogP contribution in [-0.2, 0) is 20.8 Å². The number of nitrogens with zero attached hydrogens (tertiary/aromatic N) is 1. The van der Waals surface area contributed by atoms with Gasteiger partial charge in [0.25, 0.3) is 0 Å². The minimum Gasteiger partial charge on any atom is -0.465 e. The van der Waals surface area contributed by atoms with Crippen molar-refractivity contribution in [1.82, 2.24) is 10.2 Å². The van der Waals surface area contributed by atoms with Gasteiger partial charge >= 0.3 is 12.0 Å². The molecule has 1 heterocycles. The van der Waals surface area contributed by atoms with Crippen LogP contribution in [0.5, 0.6) is 0 Å². The zero-order valence-corrected chi connectivity index (χ0v) is 12.7. The average Bonchev–Trinajstić information content (AvgIpc) is 2.86. The van der Waals surface area contributed by atoms with Gasteiger partial charge in [-0.25, -0.2) is 4.79 Å². The van der Waals surface area contributed by atoms with Crippen molar-refractivity contribution in [3.8, 4) is 0 Å². The van der Waals surface area contributed by atoms with Gasteiger partial charge in [0.15, 0.2) is 0 Å². The minimum atomic E-state index is -0.466. The molecule has 1 aromatic heterocycles. The van der Waals surface area contributed by atoms with E-state index in [1.807, 2.05) is 19.1 Å². The Morgan fingerprint density at radius 3 is 2.71 bits per heavy atom. The van der Waals surface area contributed by atoms with E-state index in [4.69, 9.17) is 13.9 Å². The van der Waals surface area contributed by atoms with Crippen LogP contribution in [-0.4, -0.2) is 50.3 Å². The van der Waals surface area contributed by atoms with Crippen LogP contribution in [0, 0.1) is 6.92 Å². The van der Waals surface area contributed by atoms with Gasteiger partial charge in [0, 0.05) is 13.7 Å². The average molecular weight is 298 g/mol. The van der Waals surface area contributed by atoms with Crippen molar-refractivity contribution in [3.63, 3.8) is 0 Å². The number of hydrogen-bond acceptors (Lipinski definition) is 5. The van der Waals surface area contributed by atoms with Gasteiger partial charge in [-0.05, 0) is 26.0 Å². The number of rotatable bonds is 8. The second kappa shape index (κ2) is 9.02. The van der Waals surface area contributed by atoms with E-state index in [1.54, 1.807) is 14.0 Å². The number of furan rings is 1. The summed E-state index contributed by atoms with van der Waals surface area (Å²) in [7, 11) is 1.56. The maximum atomic E-state index is 12.1. The van der Waals surface area contributed by atoms with Crippen molar-refractivity contribution in [2.24, 2.45) is 0 Å². The van der Waals surface area contributed by atoms with Gasteiger partial charge in [-0.3, -0.25) is 4.79 Å². The molecule has 0 atom stereocenters. The van der Waals surface area contributed by atoms with E-state index >= 15 is 0 Å². The van der Waals surface area contributed by atoms with Gasteiger partial charge in [0.1, 0.15) is 18.1 Å². The minimum absolute atomic E-state index is 0.159. The predicted octanol–water partition coefficient (Wildman–Crippen LogP) is 1.31. The molecule has 0 saturated heterocycles.